The molecule has 9 heteroatoms. The van der Waals surface area contributed by atoms with Crippen LogP contribution in [0.2, 0.25) is 0 Å². The monoisotopic (exact) mass is 418 g/mol. The Morgan fingerprint density at radius 3 is 1.66 bits per heavy atom. The third-order valence-electron chi connectivity index (χ3n) is 3.62. The maximum Gasteiger partial charge on any atom is 0.252 e. The summed E-state index contributed by atoms with van der Waals surface area (Å²) in [6.07, 6.45) is 2.66. The van der Waals surface area contributed by atoms with Crippen molar-refractivity contribution in [2.45, 2.75) is 24.3 Å². The standard InChI is InChI=1S/C20H20F2N4O2S/c1-13(19(27)25-23-11-15-5-3-7-17(21)9-15)29-14(2)20(28)26-24-12-16-6-4-8-18(22)10-16/h3-14H,1-2H3,(H,25,27)(H,26,28)/b23-11+,24-12+/t13-,14-/m0/s1. The number of nitrogens with zero attached hydrogens (tertiary/aromatic N) is 2. The molecule has 2 N–H and O–H groups in total. The van der Waals surface area contributed by atoms with Gasteiger partial charge in [0.05, 0.1) is 22.9 Å². The van der Waals surface area contributed by atoms with Crippen molar-refractivity contribution in [2.75, 3.05) is 0 Å². The molecular weight excluding hydrogens is 398 g/mol. The van der Waals surface area contributed by atoms with E-state index in [0.29, 0.717) is 11.1 Å². The van der Waals surface area contributed by atoms with Crippen molar-refractivity contribution < 1.29 is 18.4 Å². The molecule has 6 nitrogen and oxygen atoms in total. The van der Waals surface area contributed by atoms with Gasteiger partial charge in [-0.05, 0) is 49.2 Å². The van der Waals surface area contributed by atoms with Crippen LogP contribution in [0.4, 0.5) is 8.78 Å². The zero-order chi connectivity index (χ0) is 21.2. The van der Waals surface area contributed by atoms with E-state index in [1.807, 2.05) is 0 Å². The molecule has 152 valence electrons. The van der Waals surface area contributed by atoms with E-state index in [9.17, 15) is 18.4 Å². The molecule has 0 unspecified atom stereocenters. The Hall–Kier alpha value is -3.07. The molecule has 0 heterocycles. The third kappa shape index (κ3) is 7.82. The second kappa shape index (κ2) is 11.1. The van der Waals surface area contributed by atoms with Gasteiger partial charge in [0.15, 0.2) is 0 Å². The fourth-order valence-corrected chi connectivity index (χ4v) is 3.09. The van der Waals surface area contributed by atoms with E-state index in [-0.39, 0.29) is 0 Å². The van der Waals surface area contributed by atoms with Gasteiger partial charge in [0.1, 0.15) is 11.6 Å². The van der Waals surface area contributed by atoms with Crippen molar-refractivity contribution >= 4 is 36.0 Å². The van der Waals surface area contributed by atoms with Crippen LogP contribution in [0, 0.1) is 11.6 Å². The lowest BCUT2D eigenvalue weighted by molar-refractivity contribution is -0.120. The van der Waals surface area contributed by atoms with Crippen LogP contribution in [0.25, 0.3) is 0 Å². The van der Waals surface area contributed by atoms with Crippen molar-refractivity contribution in [1.82, 2.24) is 10.9 Å². The Morgan fingerprint density at radius 2 is 1.28 bits per heavy atom. The minimum absolute atomic E-state index is 0.398. The molecule has 0 spiro atoms. The summed E-state index contributed by atoms with van der Waals surface area (Å²) in [4.78, 5) is 24.1. The molecule has 0 aliphatic rings. The number of thioether (sulfide) groups is 1. The molecule has 2 rings (SSSR count). The highest BCUT2D eigenvalue weighted by Gasteiger charge is 2.21. The van der Waals surface area contributed by atoms with Crippen LogP contribution < -0.4 is 10.9 Å². The SMILES string of the molecule is C[C@H](S[C@@H](C)C(=O)N/N=C/c1cccc(F)c1)C(=O)N/N=C/c1cccc(F)c1. The van der Waals surface area contributed by atoms with Crippen molar-refractivity contribution in [1.29, 1.82) is 0 Å². The van der Waals surface area contributed by atoms with Crippen LogP contribution in [0.5, 0.6) is 0 Å². The Morgan fingerprint density at radius 1 is 0.862 bits per heavy atom. The van der Waals surface area contributed by atoms with Gasteiger partial charge < -0.3 is 0 Å². The average molecular weight is 418 g/mol. The van der Waals surface area contributed by atoms with Gasteiger partial charge in [-0.2, -0.15) is 10.2 Å². The molecule has 0 aliphatic carbocycles. The van der Waals surface area contributed by atoms with Gasteiger partial charge in [0.2, 0.25) is 0 Å². The van der Waals surface area contributed by atoms with E-state index in [0.717, 1.165) is 11.8 Å². The van der Waals surface area contributed by atoms with E-state index in [1.54, 1.807) is 26.0 Å². The van der Waals surface area contributed by atoms with Gasteiger partial charge in [-0.15, -0.1) is 11.8 Å². The van der Waals surface area contributed by atoms with Gasteiger partial charge in [0, 0.05) is 0 Å². The molecule has 0 fully saturated rings. The van der Waals surface area contributed by atoms with E-state index < -0.39 is 33.9 Å². The summed E-state index contributed by atoms with van der Waals surface area (Å²) in [5, 5.41) is 6.45. The normalized spacial score (nSPS) is 13.4. The first-order valence-corrected chi connectivity index (χ1v) is 9.62. The second-order valence-electron chi connectivity index (χ2n) is 6.00. The molecule has 29 heavy (non-hydrogen) atoms. The molecule has 2 aromatic carbocycles. The van der Waals surface area contributed by atoms with Gasteiger partial charge in [0.25, 0.3) is 11.8 Å². The summed E-state index contributed by atoms with van der Waals surface area (Å²) in [6.45, 7) is 3.27. The molecule has 0 aromatic heterocycles. The predicted molar refractivity (Wildman–Crippen MR) is 111 cm³/mol. The zero-order valence-electron chi connectivity index (χ0n) is 15.8. The topological polar surface area (TPSA) is 82.9 Å². The number of hydrogen-bond donors (Lipinski definition) is 2. The number of hydrazone groups is 2. The summed E-state index contributed by atoms with van der Waals surface area (Å²) in [5.41, 5.74) is 5.73. The molecule has 0 bridgehead atoms. The average Bonchev–Trinajstić information content (AvgIpc) is 2.67. The zero-order valence-corrected chi connectivity index (χ0v) is 16.6. The summed E-state index contributed by atoms with van der Waals surface area (Å²) < 4.78 is 26.2. The summed E-state index contributed by atoms with van der Waals surface area (Å²) in [7, 11) is 0. The van der Waals surface area contributed by atoms with Crippen LogP contribution in [0.3, 0.4) is 0 Å². The Bertz CT molecular complexity index is 847. The number of carbonyl (C=O) groups is 2. The van der Waals surface area contributed by atoms with E-state index in [4.69, 9.17) is 0 Å². The number of benzene rings is 2. The Labute approximate surface area is 171 Å². The van der Waals surface area contributed by atoms with Gasteiger partial charge in [-0.25, -0.2) is 19.6 Å². The maximum atomic E-state index is 13.1. The van der Waals surface area contributed by atoms with Crippen LogP contribution >= 0.6 is 11.8 Å². The first kappa shape index (κ1) is 22.2. The van der Waals surface area contributed by atoms with Crippen molar-refractivity contribution in [2.24, 2.45) is 10.2 Å². The first-order chi connectivity index (χ1) is 13.8. The number of amides is 2. The highest BCUT2D eigenvalue weighted by molar-refractivity contribution is 8.01. The predicted octanol–water partition coefficient (Wildman–Crippen LogP) is 3.08. The number of hydrogen-bond acceptors (Lipinski definition) is 5. The molecule has 0 saturated heterocycles. The third-order valence-corrected chi connectivity index (χ3v) is 4.87. The molecule has 0 aliphatic heterocycles. The number of nitrogens with one attached hydrogen (secondary N) is 2. The lowest BCUT2D eigenvalue weighted by Gasteiger charge is -2.14. The van der Waals surface area contributed by atoms with Crippen LogP contribution in [-0.2, 0) is 9.59 Å². The number of halogens is 2. The number of rotatable bonds is 8. The first-order valence-electron chi connectivity index (χ1n) is 8.67. The second-order valence-corrected chi connectivity index (χ2v) is 7.69. The lowest BCUT2D eigenvalue weighted by Crippen LogP contribution is -2.33. The van der Waals surface area contributed by atoms with Gasteiger partial charge in [-0.1, -0.05) is 24.3 Å². The van der Waals surface area contributed by atoms with E-state index in [2.05, 4.69) is 21.1 Å². The van der Waals surface area contributed by atoms with Crippen molar-refractivity contribution in [3.05, 3.63) is 71.3 Å². The Kier molecular flexibility index (Phi) is 8.47. The van der Waals surface area contributed by atoms with Gasteiger partial charge >= 0.3 is 0 Å². The molecule has 2 amide bonds. The highest BCUT2D eigenvalue weighted by Crippen LogP contribution is 2.17. The minimum Gasteiger partial charge on any atom is -0.272 e. The van der Waals surface area contributed by atoms with Crippen LogP contribution in [-0.4, -0.2) is 34.7 Å². The van der Waals surface area contributed by atoms with Crippen molar-refractivity contribution in [3.63, 3.8) is 0 Å². The van der Waals surface area contributed by atoms with Crippen LogP contribution in [0.1, 0.15) is 25.0 Å². The van der Waals surface area contributed by atoms with E-state index in [1.165, 1.54) is 48.8 Å². The smallest absolute Gasteiger partial charge is 0.252 e. The van der Waals surface area contributed by atoms with Crippen molar-refractivity contribution in [3.8, 4) is 0 Å². The lowest BCUT2D eigenvalue weighted by atomic mass is 10.2. The summed E-state index contributed by atoms with van der Waals surface area (Å²) in [5.74, 6) is -1.59. The quantitative estimate of drug-likeness (QED) is 0.511. The molecule has 0 radical (unpaired) electrons. The summed E-state index contributed by atoms with van der Waals surface area (Å²) in [6, 6.07) is 11.5. The van der Waals surface area contributed by atoms with Crippen LogP contribution in [0.15, 0.2) is 58.7 Å². The fourth-order valence-electron chi connectivity index (χ4n) is 2.13. The summed E-state index contributed by atoms with van der Waals surface area (Å²) >= 11 is 1.12. The maximum absolute atomic E-state index is 13.1. The minimum atomic E-state index is -0.562. The molecule has 0 saturated carbocycles. The highest BCUT2D eigenvalue weighted by atomic mass is 32.2. The number of carbonyl (C=O) groups excluding carboxylic acids is 2. The van der Waals surface area contributed by atoms with E-state index >= 15 is 0 Å². The van der Waals surface area contributed by atoms with Gasteiger partial charge in [-0.3, -0.25) is 9.59 Å². The molecule has 2 atom stereocenters. The Balaban J connectivity index is 1.78. The molecule has 2 aromatic rings. The largest absolute Gasteiger partial charge is 0.272 e. The molecular formula is C20H20F2N4O2S. The fraction of sp³-hybridized carbons (Fsp3) is 0.200.